The average molecular weight is 513 g/mol. The standard InChI is InChI=1S/C26H22F3N3O5/c1-24(36)11-25(12-24,31-23(34)35)17-9-7-16(8-10-17)20-18(15-5-3-2-4-6-15)19-21(37-20)30-14-32(22(19)33)13-26(27,28)29/h2-10,14,31,36H,11-13H2,1H3,(H,34,35)/t24-,25+. The van der Waals surface area contributed by atoms with Gasteiger partial charge >= 0.3 is 12.3 Å². The second kappa shape index (κ2) is 8.48. The normalized spacial score (nSPS) is 21.5. The van der Waals surface area contributed by atoms with Crippen molar-refractivity contribution >= 4 is 17.2 Å². The van der Waals surface area contributed by atoms with Crippen LogP contribution in [0.1, 0.15) is 25.3 Å². The van der Waals surface area contributed by atoms with Gasteiger partial charge in [-0.1, -0.05) is 54.6 Å². The van der Waals surface area contributed by atoms with Crippen LogP contribution in [0.2, 0.25) is 0 Å². The summed E-state index contributed by atoms with van der Waals surface area (Å²) in [5, 5.41) is 22.0. The Labute approximate surface area is 208 Å². The number of hydrogen-bond donors (Lipinski definition) is 3. The monoisotopic (exact) mass is 513 g/mol. The number of carbonyl (C=O) groups is 1. The van der Waals surface area contributed by atoms with E-state index in [2.05, 4.69) is 10.3 Å². The number of benzene rings is 2. The number of furan rings is 1. The lowest BCUT2D eigenvalue weighted by Crippen LogP contribution is -2.61. The molecule has 0 radical (unpaired) electrons. The molecule has 1 aliphatic carbocycles. The van der Waals surface area contributed by atoms with E-state index in [4.69, 9.17) is 4.42 Å². The molecule has 192 valence electrons. The van der Waals surface area contributed by atoms with Crippen molar-refractivity contribution in [2.45, 2.75) is 43.6 Å². The van der Waals surface area contributed by atoms with Crippen LogP contribution in [0.3, 0.4) is 0 Å². The molecule has 2 aromatic heterocycles. The van der Waals surface area contributed by atoms with Crippen LogP contribution in [-0.2, 0) is 12.1 Å². The van der Waals surface area contributed by atoms with Crippen LogP contribution < -0.4 is 10.9 Å². The maximum Gasteiger partial charge on any atom is 0.406 e. The van der Waals surface area contributed by atoms with E-state index in [9.17, 15) is 33.0 Å². The van der Waals surface area contributed by atoms with Crippen molar-refractivity contribution in [2.75, 3.05) is 0 Å². The van der Waals surface area contributed by atoms with Crippen LogP contribution >= 0.6 is 0 Å². The van der Waals surface area contributed by atoms with E-state index in [-0.39, 0.29) is 29.7 Å². The highest BCUT2D eigenvalue weighted by Gasteiger charge is 2.53. The number of hydrogen-bond acceptors (Lipinski definition) is 5. The minimum absolute atomic E-state index is 0.0731. The van der Waals surface area contributed by atoms with Gasteiger partial charge in [0.1, 0.15) is 24.0 Å². The van der Waals surface area contributed by atoms with Crippen molar-refractivity contribution in [3.63, 3.8) is 0 Å². The molecule has 2 aromatic carbocycles. The zero-order valence-electron chi connectivity index (χ0n) is 19.5. The summed E-state index contributed by atoms with van der Waals surface area (Å²) in [5.74, 6) is 0.239. The van der Waals surface area contributed by atoms with Crippen molar-refractivity contribution < 1.29 is 32.6 Å². The summed E-state index contributed by atoms with van der Waals surface area (Å²) in [4.78, 5) is 28.5. The smallest absolute Gasteiger partial charge is 0.406 e. The van der Waals surface area contributed by atoms with Gasteiger partial charge in [0.2, 0.25) is 5.71 Å². The van der Waals surface area contributed by atoms with Crippen LogP contribution in [0.15, 0.2) is 70.1 Å². The Balaban J connectivity index is 1.64. The number of amides is 1. The Bertz CT molecular complexity index is 1530. The van der Waals surface area contributed by atoms with Gasteiger partial charge in [0.05, 0.1) is 11.1 Å². The van der Waals surface area contributed by atoms with Crippen LogP contribution in [0.5, 0.6) is 0 Å². The van der Waals surface area contributed by atoms with Crippen molar-refractivity contribution in [3.05, 3.63) is 76.8 Å². The lowest BCUT2D eigenvalue weighted by Gasteiger charge is -2.51. The number of alkyl halides is 3. The number of fused-ring (bicyclic) bond motifs is 1. The topological polar surface area (TPSA) is 118 Å². The molecule has 37 heavy (non-hydrogen) atoms. The lowest BCUT2D eigenvalue weighted by molar-refractivity contribution is -0.141. The first-order valence-electron chi connectivity index (χ1n) is 11.4. The molecule has 1 fully saturated rings. The predicted octanol–water partition coefficient (Wildman–Crippen LogP) is 4.89. The number of rotatable bonds is 5. The Kier molecular flexibility index (Phi) is 5.63. The van der Waals surface area contributed by atoms with Crippen LogP contribution in [0.4, 0.5) is 18.0 Å². The molecule has 11 heteroatoms. The fraction of sp³-hybridized carbons (Fsp3) is 0.269. The Morgan fingerprint density at radius 1 is 1.11 bits per heavy atom. The van der Waals surface area contributed by atoms with Gasteiger partial charge in [-0.2, -0.15) is 13.2 Å². The molecule has 1 amide bonds. The van der Waals surface area contributed by atoms with Gasteiger partial charge in [0, 0.05) is 24.0 Å². The fourth-order valence-electron chi connectivity index (χ4n) is 5.17. The highest BCUT2D eigenvalue weighted by molar-refractivity contribution is 5.99. The predicted molar refractivity (Wildman–Crippen MR) is 128 cm³/mol. The van der Waals surface area contributed by atoms with Gasteiger partial charge in [-0.3, -0.25) is 9.36 Å². The minimum Gasteiger partial charge on any atom is -0.465 e. The SMILES string of the molecule is C[C@]1(O)C[C@](NC(=O)O)(c2ccc(-c3oc4ncn(CC(F)(F)F)c(=O)c4c3-c3ccccc3)cc2)C1. The molecular weight excluding hydrogens is 491 g/mol. The largest absolute Gasteiger partial charge is 0.465 e. The van der Waals surface area contributed by atoms with Gasteiger partial charge in [0.25, 0.3) is 5.56 Å². The molecule has 0 spiro atoms. The second-order valence-electron chi connectivity index (χ2n) is 9.59. The van der Waals surface area contributed by atoms with Crippen molar-refractivity contribution in [1.29, 1.82) is 0 Å². The highest BCUT2D eigenvalue weighted by Crippen LogP contribution is 2.49. The molecule has 0 saturated heterocycles. The maximum atomic E-state index is 13.1. The molecule has 0 bridgehead atoms. The zero-order chi connectivity index (χ0) is 26.6. The van der Waals surface area contributed by atoms with E-state index in [1.54, 1.807) is 61.5 Å². The molecule has 0 aliphatic heterocycles. The van der Waals surface area contributed by atoms with E-state index in [1.165, 1.54) is 0 Å². The van der Waals surface area contributed by atoms with E-state index >= 15 is 0 Å². The molecule has 3 N–H and O–H groups in total. The van der Waals surface area contributed by atoms with Gasteiger partial charge in [0.15, 0.2) is 0 Å². The molecule has 1 saturated carbocycles. The molecule has 0 unspecified atom stereocenters. The summed E-state index contributed by atoms with van der Waals surface area (Å²) in [7, 11) is 0. The van der Waals surface area contributed by atoms with Crippen LogP contribution in [-0.4, -0.2) is 37.6 Å². The highest BCUT2D eigenvalue weighted by atomic mass is 19.4. The van der Waals surface area contributed by atoms with E-state index < -0.39 is 35.5 Å². The summed E-state index contributed by atoms with van der Waals surface area (Å²) in [6, 6.07) is 15.4. The number of aromatic nitrogens is 2. The molecule has 8 nitrogen and oxygen atoms in total. The third-order valence-electron chi connectivity index (χ3n) is 6.50. The van der Waals surface area contributed by atoms with Crippen molar-refractivity contribution in [2.24, 2.45) is 0 Å². The van der Waals surface area contributed by atoms with Gasteiger partial charge in [-0.25, -0.2) is 9.78 Å². The number of nitrogens with zero attached hydrogens (tertiary/aromatic N) is 2. The Morgan fingerprint density at radius 2 is 1.76 bits per heavy atom. The Morgan fingerprint density at radius 3 is 2.32 bits per heavy atom. The average Bonchev–Trinajstić information content (AvgIpc) is 3.19. The van der Waals surface area contributed by atoms with E-state index in [1.807, 2.05) is 0 Å². The molecule has 5 rings (SSSR count). The Hall–Kier alpha value is -4.12. The van der Waals surface area contributed by atoms with E-state index in [0.29, 0.717) is 26.8 Å². The third-order valence-corrected chi connectivity index (χ3v) is 6.50. The van der Waals surface area contributed by atoms with Gasteiger partial charge < -0.3 is 19.9 Å². The molecular formula is C26H22F3N3O5. The zero-order valence-corrected chi connectivity index (χ0v) is 19.5. The summed E-state index contributed by atoms with van der Waals surface area (Å²) in [6.45, 7) is 0.142. The first-order chi connectivity index (χ1) is 17.4. The molecule has 0 atom stereocenters. The number of halogens is 3. The van der Waals surface area contributed by atoms with Crippen LogP contribution in [0, 0.1) is 0 Å². The second-order valence-corrected chi connectivity index (χ2v) is 9.59. The van der Waals surface area contributed by atoms with Crippen molar-refractivity contribution in [3.8, 4) is 22.5 Å². The maximum absolute atomic E-state index is 13.1. The number of carboxylic acid groups (broad SMARTS) is 1. The first-order valence-corrected chi connectivity index (χ1v) is 11.4. The first kappa shape index (κ1) is 24.6. The molecule has 4 aromatic rings. The van der Waals surface area contributed by atoms with Gasteiger partial charge in [-0.05, 0) is 18.1 Å². The van der Waals surface area contributed by atoms with E-state index in [0.717, 1.165) is 6.33 Å². The van der Waals surface area contributed by atoms with Crippen molar-refractivity contribution in [1.82, 2.24) is 14.9 Å². The summed E-state index contributed by atoms with van der Waals surface area (Å²) in [6.07, 6.45) is -4.64. The minimum atomic E-state index is -4.61. The number of nitrogens with one attached hydrogen (secondary N) is 1. The number of aliphatic hydroxyl groups is 1. The third kappa shape index (κ3) is 4.57. The summed E-state index contributed by atoms with van der Waals surface area (Å²) in [5.41, 5.74) is -0.939. The quantitative estimate of drug-likeness (QED) is 0.350. The molecule has 1 aliphatic rings. The summed E-state index contributed by atoms with van der Waals surface area (Å²) < 4.78 is 45.5. The molecule has 2 heterocycles. The summed E-state index contributed by atoms with van der Waals surface area (Å²) >= 11 is 0. The van der Waals surface area contributed by atoms with Crippen LogP contribution in [0.25, 0.3) is 33.6 Å². The fourth-order valence-corrected chi connectivity index (χ4v) is 5.17. The van der Waals surface area contributed by atoms with Gasteiger partial charge in [-0.15, -0.1) is 0 Å². The lowest BCUT2D eigenvalue weighted by atomic mass is 9.62.